The minimum absolute atomic E-state index is 0.0909. The first kappa shape index (κ1) is 13.2. The number of aryl methyl sites for hydroxylation is 1. The van der Waals surface area contributed by atoms with Gasteiger partial charge in [-0.2, -0.15) is 0 Å². The van der Waals surface area contributed by atoms with Gasteiger partial charge in [-0.05, 0) is 6.92 Å². The molecule has 0 aromatic carbocycles. The average Bonchev–Trinajstić information content (AvgIpc) is 2.49. The summed E-state index contributed by atoms with van der Waals surface area (Å²) in [5, 5.41) is 0. The van der Waals surface area contributed by atoms with E-state index in [0.717, 1.165) is 11.5 Å². The molecule has 0 aliphatic heterocycles. The zero-order valence-electron chi connectivity index (χ0n) is 10.4. The standard InChI is InChI=1S/C11H16N2O4/c1-7-12-10(5-16-8(2)14)11(13(7)4)6-17-9(3)15/h5-6H2,1-4H3. The molecule has 0 spiro atoms. The van der Waals surface area contributed by atoms with Gasteiger partial charge in [-0.1, -0.05) is 0 Å². The molecule has 0 unspecified atom stereocenters. The van der Waals surface area contributed by atoms with Gasteiger partial charge in [-0.3, -0.25) is 9.59 Å². The summed E-state index contributed by atoms with van der Waals surface area (Å²) < 4.78 is 11.6. The number of nitrogens with zero attached hydrogens (tertiary/aromatic N) is 2. The number of hydrogen-bond acceptors (Lipinski definition) is 5. The molecule has 0 N–H and O–H groups in total. The van der Waals surface area contributed by atoms with Gasteiger partial charge in [0.05, 0.1) is 5.69 Å². The predicted molar refractivity (Wildman–Crippen MR) is 58.9 cm³/mol. The van der Waals surface area contributed by atoms with Crippen molar-refractivity contribution in [2.75, 3.05) is 0 Å². The summed E-state index contributed by atoms with van der Waals surface area (Å²) in [4.78, 5) is 25.8. The van der Waals surface area contributed by atoms with Gasteiger partial charge < -0.3 is 14.0 Å². The van der Waals surface area contributed by atoms with E-state index >= 15 is 0 Å². The first-order valence-corrected chi connectivity index (χ1v) is 5.19. The minimum atomic E-state index is -0.369. The van der Waals surface area contributed by atoms with E-state index in [-0.39, 0.29) is 25.2 Å². The zero-order chi connectivity index (χ0) is 13.0. The van der Waals surface area contributed by atoms with E-state index in [4.69, 9.17) is 9.47 Å². The smallest absolute Gasteiger partial charge is 0.303 e. The molecule has 1 aromatic rings. The lowest BCUT2D eigenvalue weighted by Crippen LogP contribution is -2.08. The van der Waals surface area contributed by atoms with Crippen LogP contribution in [0.1, 0.15) is 31.1 Å². The molecule has 0 atom stereocenters. The second-order valence-corrected chi connectivity index (χ2v) is 3.67. The second kappa shape index (κ2) is 5.47. The third kappa shape index (κ3) is 3.58. The van der Waals surface area contributed by atoms with Crippen molar-refractivity contribution in [3.63, 3.8) is 0 Å². The largest absolute Gasteiger partial charge is 0.459 e. The predicted octanol–water partition coefficient (Wildman–Crippen LogP) is 0.855. The summed E-state index contributed by atoms with van der Waals surface area (Å²) in [6.45, 7) is 4.72. The van der Waals surface area contributed by atoms with Crippen LogP contribution in [0.25, 0.3) is 0 Å². The maximum absolute atomic E-state index is 10.8. The first-order valence-electron chi connectivity index (χ1n) is 5.19. The van der Waals surface area contributed by atoms with E-state index < -0.39 is 0 Å². The molecule has 17 heavy (non-hydrogen) atoms. The van der Waals surface area contributed by atoms with Crippen LogP contribution in [-0.2, 0) is 39.3 Å². The van der Waals surface area contributed by atoms with Crippen LogP contribution in [0.4, 0.5) is 0 Å². The van der Waals surface area contributed by atoms with Crippen molar-refractivity contribution in [1.82, 2.24) is 9.55 Å². The molecule has 1 heterocycles. The number of carbonyl (C=O) groups excluding carboxylic acids is 2. The fraction of sp³-hybridized carbons (Fsp3) is 0.545. The molecule has 0 radical (unpaired) electrons. The second-order valence-electron chi connectivity index (χ2n) is 3.67. The zero-order valence-corrected chi connectivity index (χ0v) is 10.4. The summed E-state index contributed by atoms with van der Waals surface area (Å²) in [7, 11) is 1.82. The van der Waals surface area contributed by atoms with Gasteiger partial charge in [0.25, 0.3) is 0 Å². The lowest BCUT2D eigenvalue weighted by Gasteiger charge is -2.06. The Hall–Kier alpha value is -1.85. The number of ether oxygens (including phenoxy) is 2. The summed E-state index contributed by atoms with van der Waals surface area (Å²) >= 11 is 0. The number of aromatic nitrogens is 2. The van der Waals surface area contributed by atoms with Gasteiger partial charge in [-0.25, -0.2) is 4.98 Å². The highest BCUT2D eigenvalue weighted by molar-refractivity contribution is 5.66. The minimum Gasteiger partial charge on any atom is -0.459 e. The molecular formula is C11H16N2O4. The maximum atomic E-state index is 10.8. The van der Waals surface area contributed by atoms with E-state index in [9.17, 15) is 9.59 Å². The summed E-state index contributed by atoms with van der Waals surface area (Å²) in [5.41, 5.74) is 1.35. The lowest BCUT2D eigenvalue weighted by molar-refractivity contribution is -0.144. The third-order valence-electron chi connectivity index (χ3n) is 2.34. The first-order chi connectivity index (χ1) is 7.91. The van der Waals surface area contributed by atoms with E-state index in [0.29, 0.717) is 5.69 Å². The molecule has 6 heteroatoms. The van der Waals surface area contributed by atoms with Crippen LogP contribution in [0.2, 0.25) is 0 Å². The van der Waals surface area contributed by atoms with Crippen molar-refractivity contribution >= 4 is 11.9 Å². The molecule has 0 saturated carbocycles. The molecule has 0 bridgehead atoms. The van der Waals surface area contributed by atoms with Gasteiger partial charge in [-0.15, -0.1) is 0 Å². The normalized spacial score (nSPS) is 10.1. The Balaban J connectivity index is 2.84. The highest BCUT2D eigenvalue weighted by atomic mass is 16.5. The van der Waals surface area contributed by atoms with Crippen molar-refractivity contribution < 1.29 is 19.1 Å². The van der Waals surface area contributed by atoms with E-state index in [1.165, 1.54) is 13.8 Å². The van der Waals surface area contributed by atoms with Gasteiger partial charge in [0.2, 0.25) is 0 Å². The number of imidazole rings is 1. The molecule has 0 amide bonds. The molecule has 94 valence electrons. The number of rotatable bonds is 4. The Bertz CT molecular complexity index is 437. The monoisotopic (exact) mass is 240 g/mol. The van der Waals surface area contributed by atoms with Gasteiger partial charge in [0.15, 0.2) is 0 Å². The topological polar surface area (TPSA) is 70.4 Å². The molecule has 0 saturated heterocycles. The van der Waals surface area contributed by atoms with Gasteiger partial charge in [0.1, 0.15) is 24.7 Å². The summed E-state index contributed by atoms with van der Waals surface area (Å²) in [6.07, 6.45) is 0. The van der Waals surface area contributed by atoms with Crippen molar-refractivity contribution in [2.24, 2.45) is 7.05 Å². The van der Waals surface area contributed by atoms with Gasteiger partial charge in [0, 0.05) is 20.9 Å². The molecule has 6 nitrogen and oxygen atoms in total. The van der Waals surface area contributed by atoms with Crippen LogP contribution in [0, 0.1) is 6.92 Å². The van der Waals surface area contributed by atoms with Crippen molar-refractivity contribution in [3.05, 3.63) is 17.2 Å². The van der Waals surface area contributed by atoms with E-state index in [2.05, 4.69) is 4.98 Å². The fourth-order valence-corrected chi connectivity index (χ4v) is 1.36. The van der Waals surface area contributed by atoms with E-state index in [1.807, 2.05) is 18.5 Å². The average molecular weight is 240 g/mol. The van der Waals surface area contributed by atoms with Crippen LogP contribution in [-0.4, -0.2) is 21.5 Å². The van der Waals surface area contributed by atoms with Crippen LogP contribution in [0.5, 0.6) is 0 Å². The summed E-state index contributed by atoms with van der Waals surface area (Å²) in [5.74, 6) is 0.0448. The van der Waals surface area contributed by atoms with Crippen molar-refractivity contribution in [3.8, 4) is 0 Å². The van der Waals surface area contributed by atoms with Gasteiger partial charge >= 0.3 is 11.9 Å². The van der Waals surface area contributed by atoms with Crippen LogP contribution < -0.4 is 0 Å². The highest BCUT2D eigenvalue weighted by Gasteiger charge is 2.14. The fourth-order valence-electron chi connectivity index (χ4n) is 1.36. The Labute approximate surface area is 99.5 Å². The lowest BCUT2D eigenvalue weighted by atomic mass is 10.3. The Kier molecular flexibility index (Phi) is 4.25. The number of carbonyl (C=O) groups is 2. The molecule has 1 rings (SSSR count). The van der Waals surface area contributed by atoms with Crippen molar-refractivity contribution in [1.29, 1.82) is 0 Å². The summed E-state index contributed by atoms with van der Waals surface area (Å²) in [6, 6.07) is 0. The van der Waals surface area contributed by atoms with Crippen LogP contribution in [0.15, 0.2) is 0 Å². The van der Waals surface area contributed by atoms with Crippen LogP contribution in [0.3, 0.4) is 0 Å². The molecule has 0 aliphatic carbocycles. The Morgan fingerprint density at radius 3 is 2.24 bits per heavy atom. The SMILES string of the molecule is CC(=O)OCc1nc(C)n(C)c1COC(C)=O. The molecular weight excluding hydrogens is 224 g/mol. The molecule has 0 fully saturated rings. The molecule has 1 aromatic heterocycles. The quantitative estimate of drug-likeness (QED) is 0.730. The Morgan fingerprint density at radius 1 is 1.18 bits per heavy atom. The maximum Gasteiger partial charge on any atom is 0.303 e. The Morgan fingerprint density at radius 2 is 1.71 bits per heavy atom. The third-order valence-corrected chi connectivity index (χ3v) is 2.34. The number of hydrogen-bond donors (Lipinski definition) is 0. The highest BCUT2D eigenvalue weighted by Crippen LogP contribution is 2.13. The number of esters is 2. The van der Waals surface area contributed by atoms with E-state index in [1.54, 1.807) is 0 Å². The van der Waals surface area contributed by atoms with Crippen LogP contribution >= 0.6 is 0 Å². The molecule has 0 aliphatic rings. The van der Waals surface area contributed by atoms with Crippen molar-refractivity contribution in [2.45, 2.75) is 34.0 Å².